The monoisotopic (exact) mass is 281 g/mol. The summed E-state index contributed by atoms with van der Waals surface area (Å²) in [6.45, 7) is 9.36. The Labute approximate surface area is 123 Å². The number of hydrogen-bond acceptors (Lipinski definition) is 4. The van der Waals surface area contributed by atoms with Crippen molar-refractivity contribution in [2.75, 3.05) is 59.5 Å². The maximum Gasteiger partial charge on any atom is 0.0507 e. The number of nitrogens with zero attached hydrogens (tertiary/aromatic N) is 2. The zero-order valence-electron chi connectivity index (χ0n) is 13.0. The van der Waals surface area contributed by atoms with Gasteiger partial charge >= 0.3 is 0 Å². The molecule has 0 spiro atoms. The summed E-state index contributed by atoms with van der Waals surface area (Å²) >= 11 is 0. The van der Waals surface area contributed by atoms with Crippen LogP contribution in [0.1, 0.15) is 25.7 Å². The molecule has 4 heteroatoms. The summed E-state index contributed by atoms with van der Waals surface area (Å²) in [6, 6.07) is 0.864. The Morgan fingerprint density at radius 2 is 2.15 bits per heavy atom. The Bertz CT molecular complexity index is 293. The van der Waals surface area contributed by atoms with Crippen molar-refractivity contribution in [2.24, 2.45) is 11.8 Å². The van der Waals surface area contributed by atoms with Crippen molar-refractivity contribution in [3.8, 4) is 0 Å². The minimum Gasteiger partial charge on any atom is -0.381 e. The number of ether oxygens (including phenoxy) is 1. The van der Waals surface area contributed by atoms with E-state index in [9.17, 15) is 0 Å². The van der Waals surface area contributed by atoms with Crippen molar-refractivity contribution in [3.05, 3.63) is 0 Å². The molecule has 0 aromatic heterocycles. The van der Waals surface area contributed by atoms with Crippen LogP contribution in [0, 0.1) is 11.8 Å². The molecule has 0 aromatic rings. The van der Waals surface area contributed by atoms with E-state index in [0.717, 1.165) is 44.2 Å². The molecule has 3 atom stereocenters. The van der Waals surface area contributed by atoms with Crippen LogP contribution in [0.15, 0.2) is 0 Å². The predicted octanol–water partition coefficient (Wildman–Crippen LogP) is 1.03. The van der Waals surface area contributed by atoms with Crippen LogP contribution in [0.5, 0.6) is 0 Å². The van der Waals surface area contributed by atoms with E-state index < -0.39 is 0 Å². The SMILES string of the molecule is CN1CCCC2CN(CCNCC3CCOC3)CCC21. The van der Waals surface area contributed by atoms with Gasteiger partial charge in [-0.3, -0.25) is 0 Å². The van der Waals surface area contributed by atoms with Gasteiger partial charge in [0.2, 0.25) is 0 Å². The zero-order valence-corrected chi connectivity index (χ0v) is 13.0. The average Bonchev–Trinajstić information content (AvgIpc) is 2.97. The van der Waals surface area contributed by atoms with Crippen LogP contribution >= 0.6 is 0 Å². The minimum atomic E-state index is 0.757. The van der Waals surface area contributed by atoms with Crippen LogP contribution < -0.4 is 5.32 Å². The van der Waals surface area contributed by atoms with Gasteiger partial charge in [0.1, 0.15) is 0 Å². The molecule has 3 fully saturated rings. The number of hydrogen-bond donors (Lipinski definition) is 1. The number of rotatable bonds is 5. The van der Waals surface area contributed by atoms with Crippen LogP contribution in [0.3, 0.4) is 0 Å². The molecule has 0 bridgehead atoms. The van der Waals surface area contributed by atoms with Crippen molar-refractivity contribution < 1.29 is 4.74 Å². The molecule has 3 unspecified atom stereocenters. The molecule has 3 aliphatic rings. The first-order valence-corrected chi connectivity index (χ1v) is 8.54. The molecular formula is C16H31N3O. The normalized spacial score (nSPS) is 36.1. The minimum absolute atomic E-state index is 0.757. The van der Waals surface area contributed by atoms with Crippen molar-refractivity contribution in [3.63, 3.8) is 0 Å². The Kier molecular flexibility index (Phi) is 5.32. The van der Waals surface area contributed by atoms with Gasteiger partial charge < -0.3 is 19.9 Å². The summed E-state index contributed by atoms with van der Waals surface area (Å²) in [6.07, 6.45) is 5.45. The second kappa shape index (κ2) is 7.21. The van der Waals surface area contributed by atoms with E-state index in [0.29, 0.717) is 0 Å². The third-order valence-electron chi connectivity index (χ3n) is 5.49. The third-order valence-corrected chi connectivity index (χ3v) is 5.49. The van der Waals surface area contributed by atoms with Gasteiger partial charge in [-0.1, -0.05) is 0 Å². The topological polar surface area (TPSA) is 27.7 Å². The van der Waals surface area contributed by atoms with E-state index in [2.05, 4.69) is 22.2 Å². The van der Waals surface area contributed by atoms with Crippen LogP contribution in [0.4, 0.5) is 0 Å². The maximum absolute atomic E-state index is 5.42. The van der Waals surface area contributed by atoms with E-state index in [1.54, 1.807) is 0 Å². The van der Waals surface area contributed by atoms with Gasteiger partial charge in [0.25, 0.3) is 0 Å². The fourth-order valence-corrected chi connectivity index (χ4v) is 4.22. The van der Waals surface area contributed by atoms with Gasteiger partial charge in [0, 0.05) is 38.8 Å². The number of likely N-dealkylation sites (tertiary alicyclic amines) is 2. The lowest BCUT2D eigenvalue weighted by atomic mass is 9.84. The molecule has 4 nitrogen and oxygen atoms in total. The fourth-order valence-electron chi connectivity index (χ4n) is 4.22. The van der Waals surface area contributed by atoms with Gasteiger partial charge in [-0.15, -0.1) is 0 Å². The summed E-state index contributed by atoms with van der Waals surface area (Å²) in [5.41, 5.74) is 0. The molecule has 0 saturated carbocycles. The second-order valence-electron chi connectivity index (χ2n) is 6.97. The van der Waals surface area contributed by atoms with E-state index in [1.165, 1.54) is 51.9 Å². The first-order chi connectivity index (χ1) is 9.83. The molecule has 3 saturated heterocycles. The molecule has 3 rings (SSSR count). The van der Waals surface area contributed by atoms with E-state index in [1.807, 2.05) is 0 Å². The highest BCUT2D eigenvalue weighted by atomic mass is 16.5. The predicted molar refractivity (Wildman–Crippen MR) is 82.0 cm³/mol. The number of nitrogens with one attached hydrogen (secondary N) is 1. The van der Waals surface area contributed by atoms with Crippen LogP contribution in [0.2, 0.25) is 0 Å². The summed E-state index contributed by atoms with van der Waals surface area (Å²) in [5, 5.41) is 3.62. The van der Waals surface area contributed by atoms with Gasteiger partial charge in [-0.05, 0) is 57.7 Å². The summed E-state index contributed by atoms with van der Waals surface area (Å²) in [7, 11) is 2.32. The highest BCUT2D eigenvalue weighted by molar-refractivity contribution is 4.89. The Hall–Kier alpha value is -0.160. The van der Waals surface area contributed by atoms with E-state index in [4.69, 9.17) is 4.74 Å². The molecule has 1 N–H and O–H groups in total. The third kappa shape index (κ3) is 3.73. The lowest BCUT2D eigenvalue weighted by Gasteiger charge is -2.46. The fraction of sp³-hybridized carbons (Fsp3) is 1.00. The summed E-state index contributed by atoms with van der Waals surface area (Å²) in [4.78, 5) is 5.28. The Morgan fingerprint density at radius 1 is 1.20 bits per heavy atom. The highest BCUT2D eigenvalue weighted by Gasteiger charge is 2.33. The summed E-state index contributed by atoms with van der Waals surface area (Å²) in [5.74, 6) is 1.68. The first-order valence-electron chi connectivity index (χ1n) is 8.54. The van der Waals surface area contributed by atoms with Gasteiger partial charge in [-0.2, -0.15) is 0 Å². The van der Waals surface area contributed by atoms with Crippen LogP contribution in [-0.4, -0.2) is 75.4 Å². The number of piperidine rings is 2. The quantitative estimate of drug-likeness (QED) is 0.762. The van der Waals surface area contributed by atoms with Crippen LogP contribution in [-0.2, 0) is 4.74 Å². The Morgan fingerprint density at radius 3 is 3.00 bits per heavy atom. The number of fused-ring (bicyclic) bond motifs is 1. The van der Waals surface area contributed by atoms with Crippen molar-refractivity contribution in [1.82, 2.24) is 15.1 Å². The average molecular weight is 281 g/mol. The molecule has 0 aliphatic carbocycles. The largest absolute Gasteiger partial charge is 0.381 e. The standard InChI is InChI=1S/C16H31N3O/c1-18-7-2-3-15-12-19(8-4-16(15)18)9-6-17-11-14-5-10-20-13-14/h14-17H,2-13H2,1H3. The maximum atomic E-state index is 5.42. The van der Waals surface area contributed by atoms with Crippen molar-refractivity contribution >= 4 is 0 Å². The molecule has 3 heterocycles. The highest BCUT2D eigenvalue weighted by Crippen LogP contribution is 2.29. The molecule has 3 aliphatic heterocycles. The lowest BCUT2D eigenvalue weighted by molar-refractivity contribution is 0.0390. The lowest BCUT2D eigenvalue weighted by Crippen LogP contribution is -2.53. The second-order valence-corrected chi connectivity index (χ2v) is 6.97. The first kappa shape index (κ1) is 14.8. The molecule has 0 radical (unpaired) electrons. The van der Waals surface area contributed by atoms with Gasteiger partial charge in [0.15, 0.2) is 0 Å². The van der Waals surface area contributed by atoms with Gasteiger partial charge in [-0.25, -0.2) is 0 Å². The van der Waals surface area contributed by atoms with Crippen molar-refractivity contribution in [2.45, 2.75) is 31.7 Å². The Balaban J connectivity index is 1.32. The summed E-state index contributed by atoms with van der Waals surface area (Å²) < 4.78 is 5.42. The van der Waals surface area contributed by atoms with Crippen molar-refractivity contribution in [1.29, 1.82) is 0 Å². The van der Waals surface area contributed by atoms with E-state index >= 15 is 0 Å². The zero-order chi connectivity index (χ0) is 13.8. The molecule has 116 valence electrons. The molecular weight excluding hydrogens is 250 g/mol. The molecule has 0 amide bonds. The molecule has 0 aromatic carbocycles. The smallest absolute Gasteiger partial charge is 0.0507 e. The van der Waals surface area contributed by atoms with E-state index in [-0.39, 0.29) is 0 Å². The molecule has 20 heavy (non-hydrogen) atoms. The van der Waals surface area contributed by atoms with Crippen LogP contribution in [0.25, 0.3) is 0 Å². The van der Waals surface area contributed by atoms with Gasteiger partial charge in [0.05, 0.1) is 6.61 Å².